The molecule has 0 amide bonds. The molecule has 0 radical (unpaired) electrons. The van der Waals surface area contributed by atoms with Crippen LogP contribution >= 0.6 is 0 Å². The van der Waals surface area contributed by atoms with Crippen LogP contribution in [-0.2, 0) is 6.42 Å². The average Bonchev–Trinajstić information content (AvgIpc) is 2.38. The molecule has 0 saturated heterocycles. The van der Waals surface area contributed by atoms with E-state index in [0.717, 1.165) is 23.3 Å². The molecule has 0 atom stereocenters. The van der Waals surface area contributed by atoms with Crippen molar-refractivity contribution in [2.24, 2.45) is 0 Å². The summed E-state index contributed by atoms with van der Waals surface area (Å²) in [5, 5.41) is 0. The van der Waals surface area contributed by atoms with Gasteiger partial charge in [-0.15, -0.1) is 0 Å². The van der Waals surface area contributed by atoms with Crippen LogP contribution < -0.4 is 4.74 Å². The number of rotatable bonds is 7. The Morgan fingerprint density at radius 1 is 1.35 bits per heavy atom. The van der Waals surface area contributed by atoms with Gasteiger partial charge in [0.05, 0.1) is 7.11 Å². The van der Waals surface area contributed by atoms with Crippen LogP contribution in [0.5, 0.6) is 5.75 Å². The summed E-state index contributed by atoms with van der Waals surface area (Å²) in [4.78, 5) is 0. The van der Waals surface area contributed by atoms with E-state index in [1.807, 2.05) is 6.07 Å². The molecule has 0 heterocycles. The molecule has 0 N–H and O–H groups in total. The van der Waals surface area contributed by atoms with Gasteiger partial charge in [-0.05, 0) is 35.6 Å². The summed E-state index contributed by atoms with van der Waals surface area (Å²) in [7, 11) is 1.72. The molecule has 1 aromatic carbocycles. The minimum absolute atomic E-state index is 0.934. The fourth-order valence-corrected chi connectivity index (χ4v) is 1.83. The van der Waals surface area contributed by atoms with Gasteiger partial charge in [-0.2, -0.15) is 0 Å². The lowest BCUT2D eigenvalue weighted by atomic mass is 10.0. The minimum atomic E-state index is 0.934. The van der Waals surface area contributed by atoms with Crippen molar-refractivity contribution in [3.8, 4) is 5.75 Å². The first-order chi connectivity index (χ1) is 8.22. The summed E-state index contributed by atoms with van der Waals surface area (Å²) in [5.41, 5.74) is 3.29. The summed E-state index contributed by atoms with van der Waals surface area (Å²) in [6.07, 6.45) is 6.58. The SMILES string of the molecule is C=CC(=C)c1ccc(CCCCC)c(OC)c1. The molecule has 0 aliphatic heterocycles. The van der Waals surface area contributed by atoms with Crippen LogP contribution in [0.1, 0.15) is 37.3 Å². The molecule has 1 aromatic rings. The second-order valence-corrected chi connectivity index (χ2v) is 4.21. The third-order valence-electron chi connectivity index (χ3n) is 2.95. The fourth-order valence-electron chi connectivity index (χ4n) is 1.83. The summed E-state index contributed by atoms with van der Waals surface area (Å²) >= 11 is 0. The van der Waals surface area contributed by atoms with Gasteiger partial charge in [-0.1, -0.05) is 51.1 Å². The van der Waals surface area contributed by atoms with E-state index in [2.05, 4.69) is 32.2 Å². The van der Waals surface area contributed by atoms with Gasteiger partial charge in [0.25, 0.3) is 0 Å². The Balaban J connectivity index is 2.85. The van der Waals surface area contributed by atoms with Crippen LogP contribution in [0, 0.1) is 0 Å². The third kappa shape index (κ3) is 3.77. The zero-order valence-electron chi connectivity index (χ0n) is 11.0. The van der Waals surface area contributed by atoms with Gasteiger partial charge in [0.15, 0.2) is 0 Å². The molecule has 92 valence electrons. The highest BCUT2D eigenvalue weighted by Crippen LogP contribution is 2.25. The van der Waals surface area contributed by atoms with Crippen LogP contribution in [0.15, 0.2) is 37.4 Å². The smallest absolute Gasteiger partial charge is 0.122 e. The van der Waals surface area contributed by atoms with E-state index in [4.69, 9.17) is 4.74 Å². The van der Waals surface area contributed by atoms with Crippen molar-refractivity contribution in [2.75, 3.05) is 7.11 Å². The summed E-state index contributed by atoms with van der Waals surface area (Å²) in [6, 6.07) is 6.28. The van der Waals surface area contributed by atoms with Gasteiger partial charge >= 0.3 is 0 Å². The first-order valence-electron chi connectivity index (χ1n) is 6.21. The highest BCUT2D eigenvalue weighted by molar-refractivity contribution is 5.72. The molecule has 0 aliphatic rings. The maximum Gasteiger partial charge on any atom is 0.122 e. The first-order valence-corrected chi connectivity index (χ1v) is 6.21. The van der Waals surface area contributed by atoms with E-state index in [1.165, 1.54) is 24.8 Å². The molecule has 17 heavy (non-hydrogen) atoms. The van der Waals surface area contributed by atoms with Crippen molar-refractivity contribution in [2.45, 2.75) is 32.6 Å². The Bertz CT molecular complexity index is 391. The Kier molecular flexibility index (Phi) is 5.55. The molecule has 0 saturated carbocycles. The molecule has 0 aromatic heterocycles. The van der Waals surface area contributed by atoms with Crippen molar-refractivity contribution in [3.05, 3.63) is 48.6 Å². The number of ether oxygens (including phenoxy) is 1. The largest absolute Gasteiger partial charge is 0.496 e. The average molecular weight is 230 g/mol. The summed E-state index contributed by atoms with van der Waals surface area (Å²) < 4.78 is 5.44. The number of benzene rings is 1. The number of hydrogen-bond donors (Lipinski definition) is 0. The second-order valence-electron chi connectivity index (χ2n) is 4.21. The Morgan fingerprint density at radius 3 is 2.71 bits per heavy atom. The normalized spacial score (nSPS) is 10.0. The highest BCUT2D eigenvalue weighted by atomic mass is 16.5. The lowest BCUT2D eigenvalue weighted by Crippen LogP contribution is -1.94. The summed E-state index contributed by atoms with van der Waals surface area (Å²) in [6.45, 7) is 9.90. The monoisotopic (exact) mass is 230 g/mol. The van der Waals surface area contributed by atoms with Crippen molar-refractivity contribution in [1.29, 1.82) is 0 Å². The highest BCUT2D eigenvalue weighted by Gasteiger charge is 2.05. The first kappa shape index (κ1) is 13.6. The molecule has 1 heteroatoms. The molecular weight excluding hydrogens is 208 g/mol. The zero-order valence-corrected chi connectivity index (χ0v) is 11.0. The summed E-state index contributed by atoms with van der Waals surface area (Å²) in [5.74, 6) is 0.960. The topological polar surface area (TPSA) is 9.23 Å². The lowest BCUT2D eigenvalue weighted by molar-refractivity contribution is 0.408. The van der Waals surface area contributed by atoms with Crippen LogP contribution in [0.25, 0.3) is 5.57 Å². The Morgan fingerprint density at radius 2 is 2.12 bits per heavy atom. The van der Waals surface area contributed by atoms with Crippen LogP contribution in [-0.4, -0.2) is 7.11 Å². The maximum absolute atomic E-state index is 5.44. The molecule has 1 rings (SSSR count). The molecule has 1 nitrogen and oxygen atoms in total. The van der Waals surface area contributed by atoms with Crippen LogP contribution in [0.4, 0.5) is 0 Å². The number of aryl methyl sites for hydroxylation is 1. The number of hydrogen-bond acceptors (Lipinski definition) is 1. The molecule has 0 fully saturated rings. The fraction of sp³-hybridized carbons (Fsp3) is 0.375. The predicted octanol–water partition coefficient (Wildman–Crippen LogP) is 4.63. The van der Waals surface area contributed by atoms with E-state index in [0.29, 0.717) is 0 Å². The second kappa shape index (κ2) is 6.95. The third-order valence-corrected chi connectivity index (χ3v) is 2.95. The van der Waals surface area contributed by atoms with Crippen molar-refractivity contribution in [1.82, 2.24) is 0 Å². The van der Waals surface area contributed by atoms with Crippen molar-refractivity contribution < 1.29 is 4.74 Å². The van der Waals surface area contributed by atoms with Crippen LogP contribution in [0.2, 0.25) is 0 Å². The Labute approximate surface area is 105 Å². The molecule has 0 spiro atoms. The lowest BCUT2D eigenvalue weighted by Gasteiger charge is -2.10. The van der Waals surface area contributed by atoms with E-state index in [1.54, 1.807) is 13.2 Å². The van der Waals surface area contributed by atoms with Crippen LogP contribution in [0.3, 0.4) is 0 Å². The maximum atomic E-state index is 5.44. The van der Waals surface area contributed by atoms with Gasteiger partial charge in [0.2, 0.25) is 0 Å². The van der Waals surface area contributed by atoms with Gasteiger partial charge in [0, 0.05) is 0 Å². The van der Waals surface area contributed by atoms with Gasteiger partial charge in [-0.25, -0.2) is 0 Å². The van der Waals surface area contributed by atoms with Gasteiger partial charge in [0.1, 0.15) is 5.75 Å². The molecular formula is C16H22O. The molecule has 0 bridgehead atoms. The predicted molar refractivity (Wildman–Crippen MR) is 75.5 cm³/mol. The van der Waals surface area contributed by atoms with Gasteiger partial charge in [-0.3, -0.25) is 0 Å². The van der Waals surface area contributed by atoms with E-state index in [-0.39, 0.29) is 0 Å². The minimum Gasteiger partial charge on any atom is -0.496 e. The zero-order chi connectivity index (χ0) is 12.7. The van der Waals surface area contributed by atoms with E-state index < -0.39 is 0 Å². The quantitative estimate of drug-likeness (QED) is 0.490. The van der Waals surface area contributed by atoms with E-state index in [9.17, 15) is 0 Å². The number of unbranched alkanes of at least 4 members (excludes halogenated alkanes) is 2. The Hall–Kier alpha value is -1.50. The number of allylic oxidation sites excluding steroid dienone is 2. The van der Waals surface area contributed by atoms with Gasteiger partial charge < -0.3 is 4.74 Å². The van der Waals surface area contributed by atoms with Crippen molar-refractivity contribution >= 4 is 5.57 Å². The molecule has 0 aliphatic carbocycles. The number of methoxy groups -OCH3 is 1. The van der Waals surface area contributed by atoms with E-state index >= 15 is 0 Å². The van der Waals surface area contributed by atoms with Crippen molar-refractivity contribution in [3.63, 3.8) is 0 Å². The molecule has 0 unspecified atom stereocenters. The standard InChI is InChI=1S/C16H22O/c1-5-7-8-9-14-10-11-15(13(3)6-2)12-16(14)17-4/h6,10-12H,2-3,5,7-9H2,1,4H3.